The molecule has 0 unspecified atom stereocenters. The highest BCUT2D eigenvalue weighted by atomic mass is 35.5. The standard InChI is InChI=1S/C22H22ClN3O2/c1-15-18(13-19(14-27)21(20(15)23)28-11-10-24-2)12-16-4-6-17(7-5-16)22-25-8-3-9-26-22/h3-9,13-14,24H,10-12H2,1-2H3. The van der Waals surface area contributed by atoms with Crippen molar-refractivity contribution in [3.8, 4) is 17.1 Å². The number of nitrogens with zero attached hydrogens (tertiary/aromatic N) is 2. The summed E-state index contributed by atoms with van der Waals surface area (Å²) in [5.41, 5.74) is 4.45. The third-order valence-corrected chi connectivity index (χ3v) is 4.96. The van der Waals surface area contributed by atoms with Gasteiger partial charge in [-0.25, -0.2) is 9.97 Å². The molecule has 0 amide bonds. The Morgan fingerprint density at radius 3 is 2.54 bits per heavy atom. The number of carbonyl (C=O) groups excluding carboxylic acids is 1. The van der Waals surface area contributed by atoms with Gasteiger partial charge in [-0.1, -0.05) is 35.9 Å². The van der Waals surface area contributed by atoms with Gasteiger partial charge in [0.25, 0.3) is 0 Å². The van der Waals surface area contributed by atoms with Crippen LogP contribution in [-0.4, -0.2) is 36.5 Å². The molecule has 5 nitrogen and oxygen atoms in total. The number of aldehydes is 1. The molecule has 1 aromatic heterocycles. The number of halogens is 1. The van der Waals surface area contributed by atoms with E-state index in [1.54, 1.807) is 18.5 Å². The zero-order valence-corrected chi connectivity index (χ0v) is 16.7. The topological polar surface area (TPSA) is 64.1 Å². The Balaban J connectivity index is 1.84. The molecule has 0 aliphatic carbocycles. The maximum absolute atomic E-state index is 11.6. The summed E-state index contributed by atoms with van der Waals surface area (Å²) in [5, 5.41) is 3.50. The van der Waals surface area contributed by atoms with E-state index in [4.69, 9.17) is 16.3 Å². The Labute approximate surface area is 169 Å². The number of hydrogen-bond donors (Lipinski definition) is 1. The Bertz CT molecular complexity index is 944. The van der Waals surface area contributed by atoms with Gasteiger partial charge in [0.15, 0.2) is 12.1 Å². The lowest BCUT2D eigenvalue weighted by atomic mass is 9.97. The smallest absolute Gasteiger partial charge is 0.159 e. The van der Waals surface area contributed by atoms with Gasteiger partial charge in [0, 0.05) is 24.5 Å². The first kappa shape index (κ1) is 20.0. The van der Waals surface area contributed by atoms with Crippen molar-refractivity contribution >= 4 is 17.9 Å². The maximum atomic E-state index is 11.6. The zero-order chi connectivity index (χ0) is 19.9. The zero-order valence-electron chi connectivity index (χ0n) is 15.9. The number of carbonyl (C=O) groups is 1. The third kappa shape index (κ3) is 4.55. The summed E-state index contributed by atoms with van der Waals surface area (Å²) in [5.74, 6) is 1.14. The van der Waals surface area contributed by atoms with Crippen LogP contribution < -0.4 is 10.1 Å². The fraction of sp³-hybridized carbons (Fsp3) is 0.227. The molecule has 0 saturated heterocycles. The summed E-state index contributed by atoms with van der Waals surface area (Å²) in [6.07, 6.45) is 4.91. The Hall–Kier alpha value is -2.76. The first-order valence-electron chi connectivity index (χ1n) is 9.05. The van der Waals surface area contributed by atoms with Gasteiger partial charge in [0.2, 0.25) is 0 Å². The van der Waals surface area contributed by atoms with Crippen LogP contribution >= 0.6 is 11.6 Å². The predicted octanol–water partition coefficient (Wildman–Crippen LogP) is 4.11. The maximum Gasteiger partial charge on any atom is 0.159 e. The number of benzene rings is 2. The molecule has 1 N–H and O–H groups in total. The van der Waals surface area contributed by atoms with Crippen LogP contribution in [0.5, 0.6) is 5.75 Å². The molecule has 0 spiro atoms. The molecular weight excluding hydrogens is 374 g/mol. The molecule has 3 aromatic rings. The minimum Gasteiger partial charge on any atom is -0.490 e. The van der Waals surface area contributed by atoms with Gasteiger partial charge in [-0.2, -0.15) is 0 Å². The van der Waals surface area contributed by atoms with E-state index < -0.39 is 0 Å². The van der Waals surface area contributed by atoms with E-state index in [1.165, 1.54) is 0 Å². The molecule has 1 heterocycles. The third-order valence-electron chi connectivity index (χ3n) is 4.50. The minimum absolute atomic E-state index is 0.443. The average Bonchev–Trinajstić information content (AvgIpc) is 2.74. The lowest BCUT2D eigenvalue weighted by Crippen LogP contribution is -2.17. The van der Waals surface area contributed by atoms with Crippen molar-refractivity contribution in [1.29, 1.82) is 0 Å². The SMILES string of the molecule is CNCCOc1c(C=O)cc(Cc2ccc(-c3ncccn3)cc2)c(C)c1Cl. The summed E-state index contributed by atoms with van der Waals surface area (Å²) in [4.78, 5) is 20.1. The molecule has 28 heavy (non-hydrogen) atoms. The van der Waals surface area contributed by atoms with Crippen LogP contribution in [0, 0.1) is 6.92 Å². The summed E-state index contributed by atoms with van der Waals surface area (Å²) in [6, 6.07) is 11.7. The molecule has 0 saturated carbocycles. The monoisotopic (exact) mass is 395 g/mol. The quantitative estimate of drug-likeness (QED) is 0.459. The van der Waals surface area contributed by atoms with Gasteiger partial charge in [0.05, 0.1) is 10.6 Å². The van der Waals surface area contributed by atoms with Crippen molar-refractivity contribution in [3.05, 3.63) is 76.1 Å². The van der Waals surface area contributed by atoms with E-state index in [2.05, 4.69) is 15.3 Å². The lowest BCUT2D eigenvalue weighted by Gasteiger charge is -2.16. The Kier molecular flexibility index (Phi) is 6.74. The Morgan fingerprint density at radius 1 is 1.18 bits per heavy atom. The molecule has 0 fully saturated rings. The van der Waals surface area contributed by atoms with Crippen molar-refractivity contribution in [2.45, 2.75) is 13.3 Å². The molecule has 0 atom stereocenters. The number of likely N-dealkylation sites (N-methyl/N-ethyl adjacent to an activating group) is 1. The molecule has 144 valence electrons. The number of ether oxygens (including phenoxy) is 1. The first-order chi connectivity index (χ1) is 13.6. The average molecular weight is 396 g/mol. The van der Waals surface area contributed by atoms with Gasteiger partial charge in [-0.05, 0) is 49.2 Å². The highest BCUT2D eigenvalue weighted by Crippen LogP contribution is 2.34. The Morgan fingerprint density at radius 2 is 1.89 bits per heavy atom. The van der Waals surface area contributed by atoms with Crippen LogP contribution in [0.2, 0.25) is 5.02 Å². The number of nitrogens with one attached hydrogen (secondary N) is 1. The summed E-state index contributed by atoms with van der Waals surface area (Å²) in [6.45, 7) is 3.06. The predicted molar refractivity (Wildman–Crippen MR) is 111 cm³/mol. The normalized spacial score (nSPS) is 10.7. The summed E-state index contributed by atoms with van der Waals surface area (Å²) in [7, 11) is 1.84. The van der Waals surface area contributed by atoms with Crippen LogP contribution in [0.1, 0.15) is 27.0 Å². The highest BCUT2D eigenvalue weighted by molar-refractivity contribution is 6.33. The number of rotatable bonds is 8. The number of aromatic nitrogens is 2. The fourth-order valence-corrected chi connectivity index (χ4v) is 3.20. The highest BCUT2D eigenvalue weighted by Gasteiger charge is 2.16. The van der Waals surface area contributed by atoms with Crippen molar-refractivity contribution < 1.29 is 9.53 Å². The first-order valence-corrected chi connectivity index (χ1v) is 9.42. The molecule has 0 bridgehead atoms. The van der Waals surface area contributed by atoms with Crippen LogP contribution in [0.15, 0.2) is 48.8 Å². The van der Waals surface area contributed by atoms with Crippen LogP contribution in [0.4, 0.5) is 0 Å². The molecule has 0 radical (unpaired) electrons. The minimum atomic E-state index is 0.443. The molecular formula is C22H22ClN3O2. The number of hydrogen-bond acceptors (Lipinski definition) is 5. The van der Waals surface area contributed by atoms with Crippen molar-refractivity contribution in [3.63, 3.8) is 0 Å². The van der Waals surface area contributed by atoms with Gasteiger partial charge < -0.3 is 10.1 Å². The molecule has 2 aromatic carbocycles. The van der Waals surface area contributed by atoms with E-state index in [0.29, 0.717) is 41.7 Å². The van der Waals surface area contributed by atoms with Crippen molar-refractivity contribution in [1.82, 2.24) is 15.3 Å². The van der Waals surface area contributed by atoms with E-state index in [1.807, 2.05) is 44.3 Å². The van der Waals surface area contributed by atoms with Gasteiger partial charge in [-0.15, -0.1) is 0 Å². The largest absolute Gasteiger partial charge is 0.490 e. The molecule has 0 aliphatic rings. The second kappa shape index (κ2) is 9.44. The second-order valence-electron chi connectivity index (χ2n) is 6.41. The van der Waals surface area contributed by atoms with Gasteiger partial charge in [0.1, 0.15) is 12.4 Å². The van der Waals surface area contributed by atoms with Crippen LogP contribution in [0.3, 0.4) is 0 Å². The summed E-state index contributed by atoms with van der Waals surface area (Å²) >= 11 is 6.51. The molecule has 6 heteroatoms. The molecule has 0 aliphatic heterocycles. The van der Waals surface area contributed by atoms with E-state index in [9.17, 15) is 4.79 Å². The summed E-state index contributed by atoms with van der Waals surface area (Å²) < 4.78 is 5.71. The van der Waals surface area contributed by atoms with E-state index >= 15 is 0 Å². The second-order valence-corrected chi connectivity index (χ2v) is 6.79. The molecule has 3 rings (SSSR count). The van der Waals surface area contributed by atoms with Crippen LogP contribution in [0.25, 0.3) is 11.4 Å². The van der Waals surface area contributed by atoms with Gasteiger partial charge >= 0.3 is 0 Å². The lowest BCUT2D eigenvalue weighted by molar-refractivity contribution is 0.111. The van der Waals surface area contributed by atoms with Crippen LogP contribution in [-0.2, 0) is 6.42 Å². The van der Waals surface area contributed by atoms with Crippen molar-refractivity contribution in [2.24, 2.45) is 0 Å². The van der Waals surface area contributed by atoms with Crippen molar-refractivity contribution in [2.75, 3.05) is 20.2 Å². The van der Waals surface area contributed by atoms with E-state index in [-0.39, 0.29) is 0 Å². The van der Waals surface area contributed by atoms with Gasteiger partial charge in [-0.3, -0.25) is 4.79 Å². The fourth-order valence-electron chi connectivity index (χ4n) is 2.91. The van der Waals surface area contributed by atoms with E-state index in [0.717, 1.165) is 28.5 Å².